The van der Waals surface area contributed by atoms with Crippen LogP contribution in [0, 0.1) is 13.8 Å². The van der Waals surface area contributed by atoms with E-state index >= 15 is 0 Å². The molecule has 0 heterocycles. The van der Waals surface area contributed by atoms with Crippen LogP contribution in [0.25, 0.3) is 0 Å². The van der Waals surface area contributed by atoms with Gasteiger partial charge in [0, 0.05) is 6.54 Å². The van der Waals surface area contributed by atoms with Gasteiger partial charge in [0.05, 0.1) is 13.2 Å². The largest absolute Gasteiger partial charge is 0.493 e. The van der Waals surface area contributed by atoms with E-state index in [1.165, 1.54) is 5.56 Å². The summed E-state index contributed by atoms with van der Waals surface area (Å²) in [6, 6.07) is 6.12. The molecule has 0 aliphatic heterocycles. The Labute approximate surface area is 102 Å². The lowest BCUT2D eigenvalue weighted by Crippen LogP contribution is -2.31. The van der Waals surface area contributed by atoms with E-state index in [4.69, 9.17) is 10.5 Å². The molecule has 0 aromatic heterocycles. The number of benzene rings is 1. The van der Waals surface area contributed by atoms with Crippen LogP contribution in [0.2, 0.25) is 0 Å². The first kappa shape index (κ1) is 13.5. The first-order chi connectivity index (χ1) is 8.13. The van der Waals surface area contributed by atoms with Crippen LogP contribution < -0.4 is 15.8 Å². The zero-order valence-electron chi connectivity index (χ0n) is 10.5. The van der Waals surface area contributed by atoms with Gasteiger partial charge < -0.3 is 15.8 Å². The molecule has 94 valence electrons. The van der Waals surface area contributed by atoms with Gasteiger partial charge in [-0.25, -0.2) is 0 Å². The summed E-state index contributed by atoms with van der Waals surface area (Å²) in [5.74, 6) is 0.784. The van der Waals surface area contributed by atoms with E-state index in [0.717, 1.165) is 17.7 Å². The Morgan fingerprint density at radius 2 is 2.18 bits per heavy atom. The molecule has 3 N–H and O–H groups in total. The number of carbonyl (C=O) groups excluding carboxylic acids is 1. The number of ether oxygens (including phenoxy) is 1. The fraction of sp³-hybridized carbons (Fsp3) is 0.462. The third-order valence-electron chi connectivity index (χ3n) is 2.43. The number of hydrogen-bond acceptors (Lipinski definition) is 3. The van der Waals surface area contributed by atoms with Crippen molar-refractivity contribution in [1.82, 2.24) is 5.32 Å². The Hall–Kier alpha value is -1.55. The average molecular weight is 236 g/mol. The van der Waals surface area contributed by atoms with Crippen molar-refractivity contribution in [3.63, 3.8) is 0 Å². The second kappa shape index (κ2) is 6.91. The van der Waals surface area contributed by atoms with Gasteiger partial charge >= 0.3 is 0 Å². The maximum absolute atomic E-state index is 10.9. The number of hydrogen-bond donors (Lipinski definition) is 2. The Bertz CT molecular complexity index is 378. The van der Waals surface area contributed by atoms with Crippen LogP contribution in [0.3, 0.4) is 0 Å². The fourth-order valence-corrected chi connectivity index (χ4v) is 1.42. The third kappa shape index (κ3) is 4.87. The van der Waals surface area contributed by atoms with Gasteiger partial charge in [0.15, 0.2) is 0 Å². The molecule has 0 fully saturated rings. The van der Waals surface area contributed by atoms with Gasteiger partial charge in [0.25, 0.3) is 0 Å². The van der Waals surface area contributed by atoms with Crippen molar-refractivity contribution in [2.24, 2.45) is 5.73 Å². The van der Waals surface area contributed by atoms with Crippen molar-refractivity contribution in [2.45, 2.75) is 20.3 Å². The minimum atomic E-state index is -0.128. The van der Waals surface area contributed by atoms with E-state index in [-0.39, 0.29) is 12.5 Å². The molecule has 17 heavy (non-hydrogen) atoms. The first-order valence-electron chi connectivity index (χ1n) is 5.80. The standard InChI is InChI=1S/C13H20N2O2/c1-10-4-5-11(2)12(8-10)17-7-3-6-15-13(16)9-14/h4-5,8H,3,6-7,9,14H2,1-2H3,(H,15,16). The molecular formula is C13H20N2O2. The van der Waals surface area contributed by atoms with E-state index < -0.39 is 0 Å². The first-order valence-corrected chi connectivity index (χ1v) is 5.80. The summed E-state index contributed by atoms with van der Waals surface area (Å²) in [6.07, 6.45) is 0.777. The lowest BCUT2D eigenvalue weighted by atomic mass is 10.1. The molecule has 0 atom stereocenters. The maximum atomic E-state index is 10.9. The van der Waals surface area contributed by atoms with Crippen molar-refractivity contribution in [2.75, 3.05) is 19.7 Å². The number of carbonyl (C=O) groups is 1. The van der Waals surface area contributed by atoms with Gasteiger partial charge in [-0.15, -0.1) is 0 Å². The molecular weight excluding hydrogens is 216 g/mol. The summed E-state index contributed by atoms with van der Waals surface area (Å²) < 4.78 is 5.65. The molecule has 0 aliphatic rings. The molecule has 0 aliphatic carbocycles. The van der Waals surface area contributed by atoms with E-state index in [0.29, 0.717) is 13.2 Å². The number of nitrogens with two attached hydrogens (primary N) is 1. The van der Waals surface area contributed by atoms with E-state index in [1.54, 1.807) is 0 Å². The Morgan fingerprint density at radius 3 is 2.88 bits per heavy atom. The van der Waals surface area contributed by atoms with Gasteiger partial charge in [-0.2, -0.15) is 0 Å². The van der Waals surface area contributed by atoms with E-state index in [2.05, 4.69) is 11.4 Å². The Balaban J connectivity index is 2.26. The third-order valence-corrected chi connectivity index (χ3v) is 2.43. The van der Waals surface area contributed by atoms with Crippen LogP contribution in [0.15, 0.2) is 18.2 Å². The molecule has 1 aromatic rings. The summed E-state index contributed by atoms with van der Waals surface area (Å²) in [4.78, 5) is 10.9. The number of amides is 1. The lowest BCUT2D eigenvalue weighted by Gasteiger charge is -2.10. The average Bonchev–Trinajstić information content (AvgIpc) is 2.32. The molecule has 4 nitrogen and oxygen atoms in total. The highest BCUT2D eigenvalue weighted by Gasteiger charge is 2.00. The highest BCUT2D eigenvalue weighted by atomic mass is 16.5. The van der Waals surface area contributed by atoms with E-state index in [9.17, 15) is 4.79 Å². The second-order valence-corrected chi connectivity index (χ2v) is 4.03. The molecule has 0 radical (unpaired) electrons. The highest BCUT2D eigenvalue weighted by Crippen LogP contribution is 2.18. The topological polar surface area (TPSA) is 64.3 Å². The minimum absolute atomic E-state index is 0.0395. The quantitative estimate of drug-likeness (QED) is 0.728. The lowest BCUT2D eigenvalue weighted by molar-refractivity contribution is -0.119. The van der Waals surface area contributed by atoms with Gasteiger partial charge in [-0.1, -0.05) is 12.1 Å². The molecule has 0 saturated heterocycles. The monoisotopic (exact) mass is 236 g/mol. The van der Waals surface area contributed by atoms with E-state index in [1.807, 2.05) is 26.0 Å². The minimum Gasteiger partial charge on any atom is -0.493 e. The summed E-state index contributed by atoms with van der Waals surface area (Å²) in [6.45, 7) is 5.28. The smallest absolute Gasteiger partial charge is 0.233 e. The van der Waals surface area contributed by atoms with Crippen molar-refractivity contribution < 1.29 is 9.53 Å². The molecule has 4 heteroatoms. The summed E-state index contributed by atoms with van der Waals surface area (Å²) in [5.41, 5.74) is 7.48. The van der Waals surface area contributed by atoms with Crippen molar-refractivity contribution in [3.8, 4) is 5.75 Å². The zero-order valence-corrected chi connectivity index (χ0v) is 10.5. The van der Waals surface area contributed by atoms with Gasteiger partial charge in [0.1, 0.15) is 5.75 Å². The molecule has 1 rings (SSSR count). The van der Waals surface area contributed by atoms with Crippen LogP contribution in [0.1, 0.15) is 17.5 Å². The number of aryl methyl sites for hydroxylation is 2. The second-order valence-electron chi connectivity index (χ2n) is 4.03. The summed E-state index contributed by atoms with van der Waals surface area (Å²) in [7, 11) is 0. The number of rotatable bonds is 6. The van der Waals surface area contributed by atoms with Crippen molar-refractivity contribution >= 4 is 5.91 Å². The Morgan fingerprint density at radius 1 is 1.41 bits per heavy atom. The fourth-order valence-electron chi connectivity index (χ4n) is 1.42. The molecule has 0 bridgehead atoms. The van der Waals surface area contributed by atoms with Crippen LogP contribution in [-0.4, -0.2) is 25.6 Å². The summed E-state index contributed by atoms with van der Waals surface area (Å²) in [5, 5.41) is 2.70. The van der Waals surface area contributed by atoms with Crippen LogP contribution in [0.4, 0.5) is 0 Å². The Kier molecular flexibility index (Phi) is 5.49. The van der Waals surface area contributed by atoms with Gasteiger partial charge in [-0.05, 0) is 37.5 Å². The molecule has 0 spiro atoms. The molecule has 1 amide bonds. The highest BCUT2D eigenvalue weighted by molar-refractivity contribution is 5.77. The predicted molar refractivity (Wildman–Crippen MR) is 68.1 cm³/mol. The zero-order chi connectivity index (χ0) is 12.7. The number of nitrogens with one attached hydrogen (secondary N) is 1. The van der Waals surface area contributed by atoms with Gasteiger partial charge in [-0.3, -0.25) is 4.79 Å². The summed E-state index contributed by atoms with van der Waals surface area (Å²) >= 11 is 0. The van der Waals surface area contributed by atoms with Crippen molar-refractivity contribution in [1.29, 1.82) is 0 Å². The van der Waals surface area contributed by atoms with Gasteiger partial charge in [0.2, 0.25) is 5.91 Å². The molecule has 1 aromatic carbocycles. The van der Waals surface area contributed by atoms with Crippen LogP contribution >= 0.6 is 0 Å². The molecule has 0 unspecified atom stereocenters. The van der Waals surface area contributed by atoms with Crippen LogP contribution in [0.5, 0.6) is 5.75 Å². The normalized spacial score (nSPS) is 10.1. The SMILES string of the molecule is Cc1ccc(C)c(OCCCNC(=O)CN)c1. The predicted octanol–water partition coefficient (Wildman–Crippen LogP) is 1.15. The van der Waals surface area contributed by atoms with Crippen LogP contribution in [-0.2, 0) is 4.79 Å². The maximum Gasteiger partial charge on any atom is 0.233 e. The molecule has 0 saturated carbocycles. The van der Waals surface area contributed by atoms with Crippen molar-refractivity contribution in [3.05, 3.63) is 29.3 Å².